The van der Waals surface area contributed by atoms with Crippen molar-refractivity contribution in [3.05, 3.63) is 47.0 Å². The van der Waals surface area contributed by atoms with Gasteiger partial charge in [0.25, 0.3) is 0 Å². The molecule has 0 spiro atoms. The van der Waals surface area contributed by atoms with E-state index in [1.165, 1.54) is 11.1 Å². The number of allylic oxidation sites excluding steroid dienone is 1. The number of amides is 2. The molecule has 2 amide bonds. The van der Waals surface area contributed by atoms with Gasteiger partial charge in [-0.1, -0.05) is 24.3 Å². The monoisotopic (exact) mass is 496 g/mol. The standard InChI is InChI=1S/C28H42N5O3/c1-20(32-14-10-22-7-5-6-8-24(22)18-32)26(35)19-33(3,4)28(36)23-9-13-29-27(17-23)30-25-11-15-31(16-12-25)21(2)34/h5-9,13,20,25-27,30,35H,10-12,14-19H2,1-4H3/q+1/t20-,26?,27?/m1/s1. The Morgan fingerprint density at radius 1 is 1.17 bits per heavy atom. The largest absolute Gasteiger partial charge is 0.386 e. The summed E-state index contributed by atoms with van der Waals surface area (Å²) in [5.41, 5.74) is 3.45. The van der Waals surface area contributed by atoms with Gasteiger partial charge in [-0.25, -0.2) is 4.79 Å². The van der Waals surface area contributed by atoms with Crippen LogP contribution < -0.4 is 5.32 Å². The van der Waals surface area contributed by atoms with E-state index in [4.69, 9.17) is 0 Å². The predicted octanol–water partition coefficient (Wildman–Crippen LogP) is 1.72. The number of rotatable bonds is 7. The Kier molecular flexibility index (Phi) is 8.40. The summed E-state index contributed by atoms with van der Waals surface area (Å²) in [6, 6.07) is 8.75. The fourth-order valence-electron chi connectivity index (χ4n) is 5.66. The van der Waals surface area contributed by atoms with Crippen molar-refractivity contribution in [2.75, 3.05) is 40.3 Å². The van der Waals surface area contributed by atoms with Crippen LogP contribution in [0.3, 0.4) is 0 Å². The third kappa shape index (κ3) is 6.29. The van der Waals surface area contributed by atoms with Crippen molar-refractivity contribution in [2.24, 2.45) is 4.99 Å². The first-order valence-corrected chi connectivity index (χ1v) is 13.2. The molecule has 0 bridgehead atoms. The van der Waals surface area contributed by atoms with Gasteiger partial charge < -0.3 is 10.0 Å². The van der Waals surface area contributed by atoms with Gasteiger partial charge in [0.2, 0.25) is 5.91 Å². The van der Waals surface area contributed by atoms with Crippen LogP contribution in [0.5, 0.6) is 0 Å². The summed E-state index contributed by atoms with van der Waals surface area (Å²) in [4.78, 5) is 33.9. The third-order valence-corrected chi connectivity index (χ3v) is 8.08. The van der Waals surface area contributed by atoms with Crippen molar-refractivity contribution in [1.29, 1.82) is 0 Å². The highest BCUT2D eigenvalue weighted by atomic mass is 16.3. The maximum absolute atomic E-state index is 13.5. The van der Waals surface area contributed by atoms with Gasteiger partial charge in [0, 0.05) is 57.8 Å². The minimum absolute atomic E-state index is 0.0228. The maximum atomic E-state index is 13.5. The molecule has 0 aliphatic carbocycles. The number of fused-ring (bicyclic) bond motifs is 1. The van der Waals surface area contributed by atoms with E-state index >= 15 is 0 Å². The summed E-state index contributed by atoms with van der Waals surface area (Å²) in [5.74, 6) is 0.149. The SMILES string of the molecule is CC(=O)N1CCC(NC2CC(C(=O)[N+](C)(C)CC(O)[C@@H](C)N3CCc4ccccc4C3)=CC=N2)CC1. The third-order valence-electron chi connectivity index (χ3n) is 8.08. The molecule has 0 aromatic heterocycles. The number of aliphatic hydroxyl groups excluding tert-OH is 1. The van der Waals surface area contributed by atoms with E-state index in [-0.39, 0.29) is 34.5 Å². The van der Waals surface area contributed by atoms with Crippen molar-refractivity contribution in [2.45, 2.75) is 70.4 Å². The second-order valence-electron chi connectivity index (χ2n) is 11.1. The van der Waals surface area contributed by atoms with E-state index in [2.05, 4.69) is 46.4 Å². The Balaban J connectivity index is 1.30. The van der Waals surface area contributed by atoms with Crippen molar-refractivity contribution < 1.29 is 19.2 Å². The number of aliphatic imine (C=N–C) groups is 1. The Bertz CT molecular complexity index is 1010. The normalized spacial score (nSPS) is 23.1. The molecule has 2 unspecified atom stereocenters. The molecule has 3 atom stereocenters. The van der Waals surface area contributed by atoms with Crippen molar-refractivity contribution in [3.63, 3.8) is 0 Å². The quantitative estimate of drug-likeness (QED) is 0.562. The van der Waals surface area contributed by atoms with Crippen molar-refractivity contribution >= 4 is 18.0 Å². The first-order valence-electron chi connectivity index (χ1n) is 13.2. The number of likely N-dealkylation sites (N-methyl/N-ethyl adjacent to an activating group) is 1. The molecule has 1 saturated heterocycles. The highest BCUT2D eigenvalue weighted by Gasteiger charge is 2.37. The van der Waals surface area contributed by atoms with E-state index in [1.54, 1.807) is 13.1 Å². The maximum Gasteiger partial charge on any atom is 0.341 e. The summed E-state index contributed by atoms with van der Waals surface area (Å²) >= 11 is 0. The van der Waals surface area contributed by atoms with Crippen LogP contribution in [0.1, 0.15) is 44.2 Å². The number of aliphatic hydroxyl groups is 1. The molecule has 4 rings (SSSR count). The fraction of sp³-hybridized carbons (Fsp3) is 0.607. The van der Waals surface area contributed by atoms with Crippen molar-refractivity contribution in [1.82, 2.24) is 15.1 Å². The van der Waals surface area contributed by atoms with Gasteiger partial charge >= 0.3 is 5.91 Å². The molecular weight excluding hydrogens is 454 g/mol. The molecule has 0 saturated carbocycles. The number of piperidine rings is 1. The Morgan fingerprint density at radius 2 is 1.86 bits per heavy atom. The van der Waals surface area contributed by atoms with Crippen molar-refractivity contribution in [3.8, 4) is 0 Å². The lowest BCUT2D eigenvalue weighted by atomic mass is 9.97. The molecule has 1 fully saturated rings. The predicted molar refractivity (Wildman–Crippen MR) is 141 cm³/mol. The Morgan fingerprint density at radius 3 is 2.56 bits per heavy atom. The number of benzene rings is 1. The lowest BCUT2D eigenvalue weighted by Crippen LogP contribution is -2.56. The first-order chi connectivity index (χ1) is 17.1. The van der Waals surface area contributed by atoms with Gasteiger partial charge in [-0.15, -0.1) is 0 Å². The fourth-order valence-corrected chi connectivity index (χ4v) is 5.66. The molecule has 3 heterocycles. The number of quaternary nitrogens is 1. The van der Waals surface area contributed by atoms with E-state index in [0.717, 1.165) is 51.0 Å². The lowest BCUT2D eigenvalue weighted by Gasteiger charge is -2.38. The summed E-state index contributed by atoms with van der Waals surface area (Å²) in [6.45, 7) is 7.29. The summed E-state index contributed by atoms with van der Waals surface area (Å²) in [7, 11) is 3.77. The molecule has 36 heavy (non-hydrogen) atoms. The molecule has 0 radical (unpaired) electrons. The van der Waals surface area contributed by atoms with Crippen LogP contribution >= 0.6 is 0 Å². The van der Waals surface area contributed by atoms with Gasteiger partial charge in [-0.05, 0) is 43.4 Å². The van der Waals surface area contributed by atoms with Gasteiger partial charge in [0.1, 0.15) is 18.8 Å². The zero-order valence-corrected chi connectivity index (χ0v) is 22.2. The van der Waals surface area contributed by atoms with Crippen LogP contribution in [0.25, 0.3) is 0 Å². The molecule has 8 heteroatoms. The molecule has 8 nitrogen and oxygen atoms in total. The van der Waals surface area contributed by atoms with Crippen LogP contribution in [0.4, 0.5) is 0 Å². The van der Waals surface area contributed by atoms with Gasteiger partial charge in [0.15, 0.2) is 0 Å². The number of carbonyl (C=O) groups is 2. The van der Waals surface area contributed by atoms with Gasteiger partial charge in [-0.2, -0.15) is 0 Å². The molecule has 3 aliphatic rings. The zero-order valence-electron chi connectivity index (χ0n) is 22.2. The summed E-state index contributed by atoms with van der Waals surface area (Å²) < 4.78 is 0.0966. The van der Waals surface area contributed by atoms with E-state index < -0.39 is 6.10 Å². The number of nitrogens with zero attached hydrogens (tertiary/aromatic N) is 4. The zero-order chi connectivity index (χ0) is 25.9. The first kappa shape index (κ1) is 26.7. The number of likely N-dealkylation sites (tertiary alicyclic amines) is 1. The number of hydrogen-bond acceptors (Lipinski definition) is 6. The number of nitrogens with one attached hydrogen (secondary N) is 1. The highest BCUT2D eigenvalue weighted by Crippen LogP contribution is 2.23. The Hall–Kier alpha value is -2.39. The number of dihydropyridines is 1. The molecule has 3 aliphatic heterocycles. The number of hydrogen-bond donors (Lipinski definition) is 2. The molecule has 1 aromatic rings. The van der Waals surface area contributed by atoms with Crippen LogP contribution in [-0.4, -0.2) is 102 Å². The number of carbonyl (C=O) groups excluding carboxylic acids is 2. The second kappa shape index (κ2) is 11.3. The van der Waals surface area contributed by atoms with E-state index in [9.17, 15) is 14.7 Å². The molecule has 196 valence electrons. The van der Waals surface area contributed by atoms with Crippen LogP contribution in [0, 0.1) is 0 Å². The van der Waals surface area contributed by atoms with Gasteiger partial charge in [0.05, 0.1) is 19.7 Å². The van der Waals surface area contributed by atoms with Crippen LogP contribution in [0.2, 0.25) is 0 Å². The average Bonchev–Trinajstić information content (AvgIpc) is 2.87. The summed E-state index contributed by atoms with van der Waals surface area (Å²) in [5, 5.41) is 14.7. The molecule has 1 aromatic carbocycles. The minimum Gasteiger partial charge on any atom is -0.386 e. The van der Waals surface area contributed by atoms with E-state index in [0.29, 0.717) is 13.0 Å². The smallest absolute Gasteiger partial charge is 0.341 e. The van der Waals surface area contributed by atoms with Crippen LogP contribution in [-0.2, 0) is 22.6 Å². The lowest BCUT2D eigenvalue weighted by molar-refractivity contribution is -0.815. The molecular formula is C28H42N5O3+. The van der Waals surface area contributed by atoms with Gasteiger partial charge in [-0.3, -0.25) is 24.5 Å². The van der Waals surface area contributed by atoms with E-state index in [1.807, 2.05) is 25.1 Å². The second-order valence-corrected chi connectivity index (χ2v) is 11.1. The minimum atomic E-state index is -0.618. The molecule has 2 N–H and O–H groups in total. The summed E-state index contributed by atoms with van der Waals surface area (Å²) in [6.07, 6.45) is 6.10. The highest BCUT2D eigenvalue weighted by molar-refractivity contribution is 5.94. The topological polar surface area (TPSA) is 85.2 Å². The Labute approximate surface area is 215 Å². The van der Waals surface area contributed by atoms with Crippen LogP contribution in [0.15, 0.2) is 40.9 Å². The average molecular weight is 497 g/mol.